The molecule has 0 amide bonds. The summed E-state index contributed by atoms with van der Waals surface area (Å²) in [6.07, 6.45) is 0. The fourth-order valence-electron chi connectivity index (χ4n) is 0. The van der Waals surface area contributed by atoms with Gasteiger partial charge in [0.15, 0.2) is 0 Å². The van der Waals surface area contributed by atoms with Crippen molar-refractivity contribution in [3.05, 3.63) is 0 Å². The van der Waals surface area contributed by atoms with Gasteiger partial charge in [-0.3, -0.25) is 4.90 Å². The van der Waals surface area contributed by atoms with Crippen LogP contribution in [0.25, 0.3) is 0 Å². The number of alkyl halides is 2. The highest BCUT2D eigenvalue weighted by atomic mass is 19.3. The summed E-state index contributed by atoms with van der Waals surface area (Å²) < 4.78 is 22.2. The monoisotopic (exact) mass is 95.1 g/mol. The first-order valence-electron chi connectivity index (χ1n) is 1.59. The first kappa shape index (κ1) is 5.82. The van der Waals surface area contributed by atoms with E-state index in [2.05, 4.69) is 0 Å². The maximum absolute atomic E-state index is 11.1. The van der Waals surface area contributed by atoms with E-state index in [4.69, 9.17) is 0 Å². The number of halogens is 2. The van der Waals surface area contributed by atoms with Crippen LogP contribution < -0.4 is 0 Å². The molecule has 0 radical (unpaired) electrons. The summed E-state index contributed by atoms with van der Waals surface area (Å²) in [5.74, 6) is 0. The van der Waals surface area contributed by atoms with Gasteiger partial charge in [0.1, 0.15) is 0 Å². The molecule has 0 rings (SSSR count). The van der Waals surface area contributed by atoms with Crippen LogP contribution in [0, 0.1) is 0 Å². The molecule has 0 aliphatic heterocycles. The lowest BCUT2D eigenvalue weighted by molar-refractivity contribution is 0.00849. The highest BCUT2D eigenvalue weighted by Gasteiger charge is 2.00. The molecule has 0 spiro atoms. The van der Waals surface area contributed by atoms with Crippen molar-refractivity contribution in [2.24, 2.45) is 0 Å². The topological polar surface area (TPSA) is 3.24 Å². The van der Waals surface area contributed by atoms with Crippen LogP contribution in [0.3, 0.4) is 0 Å². The Hall–Kier alpha value is -0.180. The molecule has 0 saturated heterocycles. The van der Waals surface area contributed by atoms with Crippen LogP contribution in [0.2, 0.25) is 0 Å². The molecule has 0 aliphatic carbocycles. The smallest absolute Gasteiger partial charge is 0.253 e. The normalized spacial score (nSPS) is 11.0. The van der Waals surface area contributed by atoms with E-state index in [1.165, 1.54) is 14.1 Å². The third-order valence-electron chi connectivity index (χ3n) is 0.390. The molecular formula is C3H7F2N. The summed E-state index contributed by atoms with van der Waals surface area (Å²) in [6.45, 7) is -2.31. The summed E-state index contributed by atoms with van der Waals surface area (Å²) in [5, 5.41) is 0. The zero-order chi connectivity index (χ0) is 5.15. The van der Waals surface area contributed by atoms with Gasteiger partial charge in [-0.1, -0.05) is 0 Å². The second kappa shape index (κ2) is 2.08. The maximum atomic E-state index is 11.1. The summed E-state index contributed by atoms with van der Waals surface area (Å²) in [5.41, 5.74) is 0. The second-order valence-corrected chi connectivity index (χ2v) is 1.24. The Kier molecular flexibility index (Phi) is 2.01. The van der Waals surface area contributed by atoms with Crippen molar-refractivity contribution in [1.29, 1.82) is 0 Å². The summed E-state index contributed by atoms with van der Waals surface area (Å²) in [6, 6.07) is 0. The van der Waals surface area contributed by atoms with E-state index in [1.54, 1.807) is 0 Å². The molecule has 0 fully saturated rings. The van der Waals surface area contributed by atoms with Crippen molar-refractivity contribution in [3.8, 4) is 0 Å². The van der Waals surface area contributed by atoms with Gasteiger partial charge in [0, 0.05) is 0 Å². The molecule has 0 aromatic rings. The largest absolute Gasteiger partial charge is 0.294 e. The van der Waals surface area contributed by atoms with Crippen LogP contribution in [-0.2, 0) is 0 Å². The van der Waals surface area contributed by atoms with Gasteiger partial charge < -0.3 is 0 Å². The number of rotatable bonds is 1. The Morgan fingerprint density at radius 3 is 1.50 bits per heavy atom. The highest BCUT2D eigenvalue weighted by molar-refractivity contribution is 4.27. The van der Waals surface area contributed by atoms with Crippen LogP contribution in [0.1, 0.15) is 0 Å². The molecule has 3 heteroatoms. The second-order valence-electron chi connectivity index (χ2n) is 1.24. The Morgan fingerprint density at radius 2 is 1.50 bits per heavy atom. The summed E-state index contributed by atoms with van der Waals surface area (Å²) in [7, 11) is 2.65. The van der Waals surface area contributed by atoms with Crippen molar-refractivity contribution < 1.29 is 8.78 Å². The van der Waals surface area contributed by atoms with Gasteiger partial charge in [0.25, 0.3) is 6.55 Å². The number of hydrogen-bond donors (Lipinski definition) is 0. The summed E-state index contributed by atoms with van der Waals surface area (Å²) in [4.78, 5) is 0.833. The molecule has 0 saturated carbocycles. The molecule has 0 aromatic carbocycles. The molecular weight excluding hydrogens is 88.0 g/mol. The molecule has 0 unspecified atom stereocenters. The first-order chi connectivity index (χ1) is 2.64. The minimum Gasteiger partial charge on any atom is -0.253 e. The predicted octanol–water partition coefficient (Wildman–Crippen LogP) is 0.771. The Labute approximate surface area is 35.6 Å². The van der Waals surface area contributed by atoms with E-state index in [0.29, 0.717) is 0 Å². The average Bonchev–Trinajstić information content (AvgIpc) is 1.36. The van der Waals surface area contributed by atoms with Gasteiger partial charge in [-0.2, -0.15) is 8.78 Å². The zero-order valence-corrected chi connectivity index (χ0v) is 3.78. The third-order valence-corrected chi connectivity index (χ3v) is 0.390. The van der Waals surface area contributed by atoms with Crippen LogP contribution in [0.5, 0.6) is 0 Å². The van der Waals surface area contributed by atoms with Crippen molar-refractivity contribution >= 4 is 0 Å². The Bertz CT molecular complexity index is 29.8. The fraction of sp³-hybridized carbons (Fsp3) is 1.00. The zero-order valence-electron chi connectivity index (χ0n) is 3.78. The standard InChI is InChI=1S/C3H7F2N/c1-6(2)3(4)5/h3H,1-2H3. The van der Waals surface area contributed by atoms with E-state index < -0.39 is 6.55 Å². The van der Waals surface area contributed by atoms with Gasteiger partial charge >= 0.3 is 0 Å². The van der Waals surface area contributed by atoms with Crippen LogP contribution in [0.15, 0.2) is 0 Å². The van der Waals surface area contributed by atoms with Gasteiger partial charge in [-0.05, 0) is 14.1 Å². The van der Waals surface area contributed by atoms with Gasteiger partial charge in [-0.15, -0.1) is 0 Å². The predicted molar refractivity (Wildman–Crippen MR) is 19.7 cm³/mol. The molecule has 0 aromatic heterocycles. The summed E-state index contributed by atoms with van der Waals surface area (Å²) >= 11 is 0. The van der Waals surface area contributed by atoms with Gasteiger partial charge in [-0.25, -0.2) is 0 Å². The Balaban J connectivity index is 2.99. The van der Waals surface area contributed by atoms with E-state index in [0.717, 1.165) is 4.90 Å². The molecule has 0 heterocycles. The third kappa shape index (κ3) is 2.08. The lowest BCUT2D eigenvalue weighted by Gasteiger charge is -2.04. The molecule has 0 N–H and O–H groups in total. The first-order valence-corrected chi connectivity index (χ1v) is 1.59. The lowest BCUT2D eigenvalue weighted by Crippen LogP contribution is -2.17. The molecule has 6 heavy (non-hydrogen) atoms. The van der Waals surface area contributed by atoms with E-state index in [9.17, 15) is 8.78 Å². The van der Waals surface area contributed by atoms with E-state index >= 15 is 0 Å². The van der Waals surface area contributed by atoms with Crippen LogP contribution in [0.4, 0.5) is 8.78 Å². The van der Waals surface area contributed by atoms with Crippen molar-refractivity contribution in [3.63, 3.8) is 0 Å². The van der Waals surface area contributed by atoms with Gasteiger partial charge in [0.05, 0.1) is 0 Å². The van der Waals surface area contributed by atoms with Gasteiger partial charge in [0.2, 0.25) is 0 Å². The SMILES string of the molecule is CN(C)C(F)F. The fourth-order valence-corrected chi connectivity index (χ4v) is 0. The molecule has 0 bridgehead atoms. The average molecular weight is 95.1 g/mol. The highest BCUT2D eigenvalue weighted by Crippen LogP contribution is 1.91. The van der Waals surface area contributed by atoms with E-state index in [-0.39, 0.29) is 0 Å². The minimum absolute atomic E-state index is 0.833. The number of nitrogens with zero attached hydrogens (tertiary/aromatic N) is 1. The number of hydrogen-bond acceptors (Lipinski definition) is 1. The van der Waals surface area contributed by atoms with E-state index in [1.807, 2.05) is 0 Å². The Morgan fingerprint density at radius 1 is 1.33 bits per heavy atom. The van der Waals surface area contributed by atoms with Crippen molar-refractivity contribution in [2.75, 3.05) is 14.1 Å². The molecule has 0 atom stereocenters. The van der Waals surface area contributed by atoms with Crippen molar-refractivity contribution in [1.82, 2.24) is 4.90 Å². The molecule has 1 nitrogen and oxygen atoms in total. The van der Waals surface area contributed by atoms with Crippen LogP contribution >= 0.6 is 0 Å². The van der Waals surface area contributed by atoms with Crippen molar-refractivity contribution in [2.45, 2.75) is 6.55 Å². The molecule has 38 valence electrons. The van der Waals surface area contributed by atoms with Crippen LogP contribution in [-0.4, -0.2) is 25.5 Å². The molecule has 0 aliphatic rings. The maximum Gasteiger partial charge on any atom is 0.294 e. The quantitative estimate of drug-likeness (QED) is 0.435. The minimum atomic E-state index is -2.31. The lowest BCUT2D eigenvalue weighted by atomic mass is 10.9.